The fourth-order valence-electron chi connectivity index (χ4n) is 3.19. The van der Waals surface area contributed by atoms with Crippen LogP contribution in [0.3, 0.4) is 0 Å². The van der Waals surface area contributed by atoms with Crippen molar-refractivity contribution < 1.29 is 28.1 Å². The van der Waals surface area contributed by atoms with Crippen LogP contribution in [-0.2, 0) is 28.1 Å². The van der Waals surface area contributed by atoms with Gasteiger partial charge in [0.1, 0.15) is 0 Å². The molecule has 0 bridgehead atoms. The van der Waals surface area contributed by atoms with Crippen LogP contribution in [0.4, 0.5) is 0 Å². The van der Waals surface area contributed by atoms with E-state index in [1.807, 2.05) is 0 Å². The molecule has 0 aromatic carbocycles. The van der Waals surface area contributed by atoms with Crippen molar-refractivity contribution in [1.82, 2.24) is 0 Å². The summed E-state index contributed by atoms with van der Waals surface area (Å²) in [6.45, 7) is 10.00. The molecule has 146 valence electrons. The van der Waals surface area contributed by atoms with Crippen molar-refractivity contribution in [3.05, 3.63) is 0 Å². The Morgan fingerprint density at radius 3 is 1.21 bits per heavy atom. The van der Waals surface area contributed by atoms with Crippen LogP contribution in [-0.4, -0.2) is 13.2 Å². The van der Waals surface area contributed by atoms with Crippen LogP contribution in [0.5, 0.6) is 0 Å². The Morgan fingerprint density at radius 2 is 0.875 bits per heavy atom. The van der Waals surface area contributed by atoms with Crippen LogP contribution in [0, 0.1) is 0 Å². The first-order valence-electron chi connectivity index (χ1n) is 10.7. The van der Waals surface area contributed by atoms with Gasteiger partial charge in [-0.3, -0.25) is 0 Å². The first-order chi connectivity index (χ1) is 11.5. The summed E-state index contributed by atoms with van der Waals surface area (Å²) >= 11 is -4.74. The molecule has 0 saturated heterocycles. The maximum absolute atomic E-state index is 14.1. The van der Waals surface area contributed by atoms with Crippen molar-refractivity contribution in [3.8, 4) is 0 Å². The molecular formula is C20H44O3Zr. The van der Waals surface area contributed by atoms with Gasteiger partial charge in [0.05, 0.1) is 0 Å². The van der Waals surface area contributed by atoms with E-state index in [0.717, 1.165) is 77.0 Å². The molecule has 0 unspecified atom stereocenters. The van der Waals surface area contributed by atoms with Gasteiger partial charge in [-0.15, -0.1) is 0 Å². The van der Waals surface area contributed by atoms with E-state index in [2.05, 4.69) is 27.7 Å². The van der Waals surface area contributed by atoms with Gasteiger partial charge >= 0.3 is 154 Å². The predicted octanol–water partition coefficient (Wildman–Crippen LogP) is 7.48. The zero-order chi connectivity index (χ0) is 18.2. The molecule has 0 fully saturated rings. The van der Waals surface area contributed by atoms with Crippen molar-refractivity contribution in [2.75, 3.05) is 13.2 Å². The topological polar surface area (TPSA) is 35.5 Å². The van der Waals surface area contributed by atoms with E-state index >= 15 is 0 Å². The molecular weight excluding hydrogens is 379 g/mol. The second kappa shape index (κ2) is 14.7. The molecule has 0 radical (unpaired) electrons. The van der Waals surface area contributed by atoms with Crippen LogP contribution in [0.2, 0.25) is 8.26 Å². The van der Waals surface area contributed by atoms with Gasteiger partial charge in [-0.25, -0.2) is 0 Å². The summed E-state index contributed by atoms with van der Waals surface area (Å²) in [5.74, 6) is 0. The van der Waals surface area contributed by atoms with Gasteiger partial charge in [0.2, 0.25) is 0 Å². The summed E-state index contributed by atoms with van der Waals surface area (Å²) in [5, 5.41) is 0. The molecule has 0 amide bonds. The molecule has 0 heterocycles. The van der Waals surface area contributed by atoms with Crippen LogP contribution in [0.15, 0.2) is 0 Å². The Bertz CT molecular complexity index is 310. The van der Waals surface area contributed by atoms with Gasteiger partial charge in [0, 0.05) is 0 Å². The normalized spacial score (nSPS) is 12.7. The van der Waals surface area contributed by atoms with Gasteiger partial charge in [-0.2, -0.15) is 0 Å². The van der Waals surface area contributed by atoms with Crippen molar-refractivity contribution >= 4 is 0 Å². The van der Waals surface area contributed by atoms with E-state index < -0.39 is 19.7 Å². The zero-order valence-corrected chi connectivity index (χ0v) is 19.5. The summed E-state index contributed by atoms with van der Waals surface area (Å²) in [6, 6.07) is 0. The van der Waals surface area contributed by atoms with E-state index in [1.165, 1.54) is 0 Å². The predicted molar refractivity (Wildman–Crippen MR) is 100 cm³/mol. The summed E-state index contributed by atoms with van der Waals surface area (Å²) in [7, 11) is 0. The molecule has 0 aliphatic rings. The van der Waals surface area contributed by atoms with E-state index in [-0.39, 0.29) is 0 Å². The Labute approximate surface area is 154 Å². The number of hydrogen-bond donors (Lipinski definition) is 0. The Morgan fingerprint density at radius 1 is 0.542 bits per heavy atom. The Balaban J connectivity index is 4.94. The molecule has 0 aromatic rings. The van der Waals surface area contributed by atoms with Gasteiger partial charge in [0.25, 0.3) is 0 Å². The molecule has 0 N–H and O–H groups in total. The third-order valence-electron chi connectivity index (χ3n) is 4.87. The summed E-state index contributed by atoms with van der Waals surface area (Å²) in [6.07, 6.45) is 13.1. The fourth-order valence-corrected chi connectivity index (χ4v) is 13.0. The van der Waals surface area contributed by atoms with E-state index in [1.54, 1.807) is 0 Å². The molecule has 0 aliphatic carbocycles. The molecule has 3 nitrogen and oxygen atoms in total. The average Bonchev–Trinajstić information content (AvgIpc) is 2.57. The zero-order valence-electron chi connectivity index (χ0n) is 17.0. The molecule has 0 aliphatic heterocycles. The molecule has 4 heteroatoms. The van der Waals surface area contributed by atoms with Crippen LogP contribution >= 0.6 is 0 Å². The number of hydrogen-bond acceptors (Lipinski definition) is 3. The van der Waals surface area contributed by atoms with Crippen molar-refractivity contribution in [1.29, 1.82) is 0 Å². The molecule has 0 saturated carbocycles. The fraction of sp³-hybridized carbons (Fsp3) is 1.00. The standard InChI is InChI=1S/2C5H11O.2C5H11.O.Zr/c2*1-2-3-4-5-6;2*1-3-5-4-2;;/h2*2-5H2,1H3;2*1,3-5H2,2H3;;/q2*-1;;;;+2. The SMILES string of the molecule is CCCCC[O][Zr](=[O])([CH2]CCCC)([CH2]CCCC)[O]CCCCC. The van der Waals surface area contributed by atoms with Crippen LogP contribution in [0.1, 0.15) is 105 Å². The average molecular weight is 424 g/mol. The summed E-state index contributed by atoms with van der Waals surface area (Å²) in [4.78, 5) is 0. The van der Waals surface area contributed by atoms with Crippen molar-refractivity contribution in [2.24, 2.45) is 0 Å². The van der Waals surface area contributed by atoms with Gasteiger partial charge in [-0.05, 0) is 0 Å². The van der Waals surface area contributed by atoms with E-state index in [4.69, 9.17) is 5.63 Å². The van der Waals surface area contributed by atoms with Gasteiger partial charge in [0.15, 0.2) is 0 Å². The van der Waals surface area contributed by atoms with Crippen LogP contribution < -0.4 is 0 Å². The summed E-state index contributed by atoms with van der Waals surface area (Å²) in [5.41, 5.74) is 0. The number of unbranched alkanes of at least 4 members (excludes halogenated alkanes) is 8. The molecule has 0 spiro atoms. The second-order valence-electron chi connectivity index (χ2n) is 7.39. The van der Waals surface area contributed by atoms with Crippen LogP contribution in [0.25, 0.3) is 0 Å². The van der Waals surface area contributed by atoms with Gasteiger partial charge in [-0.1, -0.05) is 0 Å². The maximum atomic E-state index is 14.1. The molecule has 0 atom stereocenters. The molecule has 0 aromatic heterocycles. The quantitative estimate of drug-likeness (QED) is 0.214. The van der Waals surface area contributed by atoms with Crippen molar-refractivity contribution in [2.45, 2.75) is 113 Å². The van der Waals surface area contributed by atoms with E-state index in [9.17, 15) is 2.81 Å². The summed E-state index contributed by atoms with van der Waals surface area (Å²) < 4.78 is 28.0. The third-order valence-corrected chi connectivity index (χ3v) is 15.5. The Hall–Kier alpha value is 0.603. The molecule has 0 rings (SSSR count). The van der Waals surface area contributed by atoms with Gasteiger partial charge < -0.3 is 0 Å². The first-order valence-corrected chi connectivity index (χ1v) is 17.2. The van der Waals surface area contributed by atoms with Crippen molar-refractivity contribution in [3.63, 3.8) is 0 Å². The second-order valence-corrected chi connectivity index (χ2v) is 18.0. The molecule has 24 heavy (non-hydrogen) atoms. The minimum atomic E-state index is -4.74. The third kappa shape index (κ3) is 11.3. The first kappa shape index (κ1) is 24.6. The Kier molecular flexibility index (Phi) is 15.1. The monoisotopic (exact) mass is 422 g/mol. The minimum absolute atomic E-state index is 0.620. The van der Waals surface area contributed by atoms with E-state index in [0.29, 0.717) is 21.5 Å². The number of rotatable bonds is 18.